The van der Waals surface area contributed by atoms with Crippen molar-refractivity contribution in [2.75, 3.05) is 6.61 Å². The first-order valence-electron chi connectivity index (χ1n) is 5.84. The summed E-state index contributed by atoms with van der Waals surface area (Å²) >= 11 is 0. The SMILES string of the molecule is C[C@H](N)c1ccc(F)cc1OCCC1CC1. The van der Waals surface area contributed by atoms with Gasteiger partial charge in [-0.2, -0.15) is 0 Å². The molecule has 0 saturated heterocycles. The van der Waals surface area contributed by atoms with Gasteiger partial charge in [0, 0.05) is 17.7 Å². The molecule has 1 aromatic rings. The maximum absolute atomic E-state index is 13.1. The van der Waals surface area contributed by atoms with Crippen LogP contribution < -0.4 is 10.5 Å². The van der Waals surface area contributed by atoms with E-state index in [1.165, 1.54) is 25.0 Å². The molecular formula is C13H18FNO. The van der Waals surface area contributed by atoms with Crippen LogP contribution >= 0.6 is 0 Å². The molecule has 1 fully saturated rings. The molecule has 3 heteroatoms. The third-order valence-electron chi connectivity index (χ3n) is 2.95. The zero-order valence-electron chi connectivity index (χ0n) is 9.58. The van der Waals surface area contributed by atoms with Crippen molar-refractivity contribution in [1.29, 1.82) is 0 Å². The zero-order valence-corrected chi connectivity index (χ0v) is 9.58. The molecule has 2 nitrogen and oxygen atoms in total. The van der Waals surface area contributed by atoms with Gasteiger partial charge in [-0.15, -0.1) is 0 Å². The van der Waals surface area contributed by atoms with E-state index in [9.17, 15) is 4.39 Å². The number of hydrogen-bond acceptors (Lipinski definition) is 2. The fraction of sp³-hybridized carbons (Fsp3) is 0.538. The molecule has 1 aromatic carbocycles. The van der Waals surface area contributed by atoms with Gasteiger partial charge in [-0.25, -0.2) is 4.39 Å². The summed E-state index contributed by atoms with van der Waals surface area (Å²) in [7, 11) is 0. The highest BCUT2D eigenvalue weighted by Crippen LogP contribution is 2.33. The first-order valence-corrected chi connectivity index (χ1v) is 5.84. The number of halogens is 1. The molecule has 0 bridgehead atoms. The van der Waals surface area contributed by atoms with Gasteiger partial charge in [0.05, 0.1) is 6.61 Å². The summed E-state index contributed by atoms with van der Waals surface area (Å²) in [6.45, 7) is 2.54. The second-order valence-corrected chi connectivity index (χ2v) is 4.55. The number of nitrogens with two attached hydrogens (primary N) is 1. The molecule has 1 saturated carbocycles. The van der Waals surface area contributed by atoms with Crippen molar-refractivity contribution in [1.82, 2.24) is 0 Å². The van der Waals surface area contributed by atoms with Gasteiger partial charge in [0.1, 0.15) is 11.6 Å². The second kappa shape index (κ2) is 4.83. The molecule has 0 spiro atoms. The van der Waals surface area contributed by atoms with Gasteiger partial charge in [0.15, 0.2) is 0 Å². The van der Waals surface area contributed by atoms with E-state index < -0.39 is 0 Å². The van der Waals surface area contributed by atoms with Crippen molar-refractivity contribution in [2.45, 2.75) is 32.2 Å². The van der Waals surface area contributed by atoms with E-state index in [0.29, 0.717) is 12.4 Å². The van der Waals surface area contributed by atoms with Crippen LogP contribution in [0.1, 0.15) is 37.8 Å². The lowest BCUT2D eigenvalue weighted by Gasteiger charge is -2.13. The number of rotatable bonds is 5. The minimum Gasteiger partial charge on any atom is -0.493 e. The standard InChI is InChI=1S/C13H18FNO/c1-9(15)12-5-4-11(14)8-13(12)16-7-6-10-2-3-10/h4-5,8-10H,2-3,6-7,15H2,1H3/t9-/m0/s1. The summed E-state index contributed by atoms with van der Waals surface area (Å²) < 4.78 is 18.7. The minimum atomic E-state index is -0.272. The fourth-order valence-electron chi connectivity index (χ4n) is 1.75. The highest BCUT2D eigenvalue weighted by Gasteiger charge is 2.21. The smallest absolute Gasteiger partial charge is 0.126 e. The quantitative estimate of drug-likeness (QED) is 0.832. The van der Waals surface area contributed by atoms with Crippen LogP contribution in [0.5, 0.6) is 5.75 Å². The van der Waals surface area contributed by atoms with Crippen LogP contribution in [0.3, 0.4) is 0 Å². The molecule has 1 aliphatic carbocycles. The maximum Gasteiger partial charge on any atom is 0.126 e. The average molecular weight is 223 g/mol. The monoisotopic (exact) mass is 223 g/mol. The molecule has 16 heavy (non-hydrogen) atoms. The van der Waals surface area contributed by atoms with Gasteiger partial charge in [0.25, 0.3) is 0 Å². The van der Waals surface area contributed by atoms with E-state index in [4.69, 9.17) is 10.5 Å². The van der Waals surface area contributed by atoms with Crippen LogP contribution in [0, 0.1) is 11.7 Å². The Bertz CT molecular complexity index is 361. The molecule has 0 unspecified atom stereocenters. The average Bonchev–Trinajstić information content (AvgIpc) is 3.01. The van der Waals surface area contributed by atoms with Crippen LogP contribution in [0.25, 0.3) is 0 Å². The topological polar surface area (TPSA) is 35.2 Å². The molecule has 2 rings (SSSR count). The Hall–Kier alpha value is -1.09. The van der Waals surface area contributed by atoms with Crippen molar-refractivity contribution >= 4 is 0 Å². The van der Waals surface area contributed by atoms with E-state index in [1.807, 2.05) is 6.92 Å². The van der Waals surface area contributed by atoms with Gasteiger partial charge < -0.3 is 10.5 Å². The van der Waals surface area contributed by atoms with Crippen LogP contribution in [0.4, 0.5) is 4.39 Å². The number of hydrogen-bond donors (Lipinski definition) is 1. The summed E-state index contributed by atoms with van der Waals surface area (Å²) in [5.41, 5.74) is 6.68. The Kier molecular flexibility index (Phi) is 3.44. The molecule has 0 radical (unpaired) electrons. The summed E-state index contributed by atoms with van der Waals surface area (Å²) in [5, 5.41) is 0. The van der Waals surface area contributed by atoms with Gasteiger partial charge in [-0.05, 0) is 25.3 Å². The van der Waals surface area contributed by atoms with Gasteiger partial charge >= 0.3 is 0 Å². The van der Waals surface area contributed by atoms with Gasteiger partial charge in [0.2, 0.25) is 0 Å². The van der Waals surface area contributed by atoms with Crippen LogP contribution in [-0.4, -0.2) is 6.61 Å². The van der Waals surface area contributed by atoms with Crippen LogP contribution in [0.2, 0.25) is 0 Å². The van der Waals surface area contributed by atoms with Crippen LogP contribution in [0.15, 0.2) is 18.2 Å². The van der Waals surface area contributed by atoms with E-state index in [1.54, 1.807) is 6.07 Å². The Morgan fingerprint density at radius 1 is 1.50 bits per heavy atom. The summed E-state index contributed by atoms with van der Waals surface area (Å²) in [6, 6.07) is 4.42. The maximum atomic E-state index is 13.1. The normalized spacial score (nSPS) is 17.2. The largest absolute Gasteiger partial charge is 0.493 e. The number of benzene rings is 1. The predicted molar refractivity (Wildman–Crippen MR) is 61.8 cm³/mol. The molecule has 1 atom stereocenters. The summed E-state index contributed by atoms with van der Waals surface area (Å²) in [6.07, 6.45) is 3.69. The molecule has 0 aliphatic heterocycles. The van der Waals surface area contributed by atoms with Crippen molar-refractivity contribution in [2.24, 2.45) is 11.7 Å². The zero-order chi connectivity index (χ0) is 11.5. The van der Waals surface area contributed by atoms with Gasteiger partial charge in [-0.3, -0.25) is 0 Å². The molecular weight excluding hydrogens is 205 g/mol. The lowest BCUT2D eigenvalue weighted by Crippen LogP contribution is -2.09. The van der Waals surface area contributed by atoms with Crippen molar-refractivity contribution in [3.05, 3.63) is 29.6 Å². The third-order valence-corrected chi connectivity index (χ3v) is 2.95. The first-order chi connectivity index (χ1) is 7.66. The Morgan fingerprint density at radius 3 is 2.88 bits per heavy atom. The highest BCUT2D eigenvalue weighted by atomic mass is 19.1. The minimum absolute atomic E-state index is 0.128. The molecule has 88 valence electrons. The Labute approximate surface area is 95.6 Å². The highest BCUT2D eigenvalue weighted by molar-refractivity contribution is 5.36. The lowest BCUT2D eigenvalue weighted by molar-refractivity contribution is 0.296. The molecule has 2 N–H and O–H groups in total. The molecule has 0 aromatic heterocycles. The van der Waals surface area contributed by atoms with E-state index in [2.05, 4.69) is 0 Å². The van der Waals surface area contributed by atoms with E-state index in [0.717, 1.165) is 17.9 Å². The van der Waals surface area contributed by atoms with Crippen molar-refractivity contribution in [3.8, 4) is 5.75 Å². The van der Waals surface area contributed by atoms with Crippen molar-refractivity contribution < 1.29 is 9.13 Å². The van der Waals surface area contributed by atoms with Gasteiger partial charge in [-0.1, -0.05) is 18.9 Å². The van der Waals surface area contributed by atoms with Crippen molar-refractivity contribution in [3.63, 3.8) is 0 Å². The molecule has 0 heterocycles. The van der Waals surface area contributed by atoms with E-state index >= 15 is 0 Å². The van der Waals surface area contributed by atoms with E-state index in [-0.39, 0.29) is 11.9 Å². The first kappa shape index (κ1) is 11.4. The summed E-state index contributed by atoms with van der Waals surface area (Å²) in [5.74, 6) is 1.15. The third kappa shape index (κ3) is 2.95. The Balaban J connectivity index is 2.00. The fourth-order valence-corrected chi connectivity index (χ4v) is 1.75. The second-order valence-electron chi connectivity index (χ2n) is 4.55. The molecule has 1 aliphatic rings. The lowest BCUT2D eigenvalue weighted by atomic mass is 10.1. The summed E-state index contributed by atoms with van der Waals surface area (Å²) in [4.78, 5) is 0. The van der Waals surface area contributed by atoms with Crippen LogP contribution in [-0.2, 0) is 0 Å². The number of ether oxygens (including phenoxy) is 1. The predicted octanol–water partition coefficient (Wildman–Crippen LogP) is 3.02. The molecule has 0 amide bonds. The Morgan fingerprint density at radius 2 is 2.25 bits per heavy atom.